The van der Waals surface area contributed by atoms with Crippen molar-refractivity contribution >= 4 is 11.7 Å². The van der Waals surface area contributed by atoms with E-state index in [-0.39, 0.29) is 5.69 Å². The predicted octanol–water partition coefficient (Wildman–Crippen LogP) is 1.54. The molecule has 0 saturated heterocycles. The molecule has 0 bridgehead atoms. The fourth-order valence-corrected chi connectivity index (χ4v) is 1.18. The van der Waals surface area contributed by atoms with Gasteiger partial charge in [0.25, 0.3) is 5.91 Å². The van der Waals surface area contributed by atoms with Gasteiger partial charge in [0.05, 0.1) is 18.8 Å². The van der Waals surface area contributed by atoms with Gasteiger partial charge in [-0.05, 0) is 0 Å². The summed E-state index contributed by atoms with van der Waals surface area (Å²) in [6.45, 7) is -0.409. The van der Waals surface area contributed by atoms with Crippen molar-refractivity contribution in [3.8, 4) is 0 Å². The highest BCUT2D eigenvalue weighted by molar-refractivity contribution is 5.92. The monoisotopic (exact) mass is 262 g/mol. The van der Waals surface area contributed by atoms with E-state index in [9.17, 15) is 18.0 Å². The first-order valence-corrected chi connectivity index (χ1v) is 5.15. The van der Waals surface area contributed by atoms with Gasteiger partial charge in [-0.1, -0.05) is 0 Å². The zero-order valence-electron chi connectivity index (χ0n) is 9.95. The first-order chi connectivity index (χ1) is 8.33. The molecule has 100 valence electrons. The maximum absolute atomic E-state index is 12.0. The largest absolute Gasteiger partial charge is 0.390 e. The minimum absolute atomic E-state index is 0.00604. The van der Waals surface area contributed by atoms with Crippen molar-refractivity contribution < 1.29 is 18.0 Å². The Bertz CT molecular complexity index is 422. The number of aromatic nitrogens is 2. The summed E-state index contributed by atoms with van der Waals surface area (Å²) in [6, 6.07) is 0. The van der Waals surface area contributed by atoms with E-state index in [4.69, 9.17) is 0 Å². The zero-order valence-corrected chi connectivity index (χ0v) is 9.95. The van der Waals surface area contributed by atoms with Crippen LogP contribution in [0.25, 0.3) is 0 Å². The third-order valence-corrected chi connectivity index (χ3v) is 2.19. The molecule has 0 unspecified atom stereocenters. The SMILES string of the molecule is CNc1cncc(C(=O)N(C)CCC(F)(F)F)n1. The minimum atomic E-state index is -4.28. The van der Waals surface area contributed by atoms with Crippen LogP contribution in [0.15, 0.2) is 12.4 Å². The summed E-state index contributed by atoms with van der Waals surface area (Å²) < 4.78 is 36.1. The zero-order chi connectivity index (χ0) is 13.8. The molecule has 5 nitrogen and oxygen atoms in total. The molecule has 0 aromatic carbocycles. The van der Waals surface area contributed by atoms with Crippen LogP contribution in [0.3, 0.4) is 0 Å². The van der Waals surface area contributed by atoms with Gasteiger partial charge in [-0.15, -0.1) is 0 Å². The second-order valence-corrected chi connectivity index (χ2v) is 3.63. The van der Waals surface area contributed by atoms with Gasteiger partial charge in [-0.3, -0.25) is 9.78 Å². The van der Waals surface area contributed by atoms with Crippen molar-refractivity contribution in [2.45, 2.75) is 12.6 Å². The summed E-state index contributed by atoms with van der Waals surface area (Å²) in [5, 5.41) is 2.69. The summed E-state index contributed by atoms with van der Waals surface area (Å²) in [5.41, 5.74) is 0.00604. The van der Waals surface area contributed by atoms with Crippen molar-refractivity contribution in [1.82, 2.24) is 14.9 Å². The first-order valence-electron chi connectivity index (χ1n) is 5.15. The van der Waals surface area contributed by atoms with E-state index in [0.717, 1.165) is 4.90 Å². The Kier molecular flexibility index (Phi) is 4.46. The molecule has 8 heteroatoms. The van der Waals surface area contributed by atoms with E-state index in [0.29, 0.717) is 5.82 Å². The van der Waals surface area contributed by atoms with Crippen LogP contribution in [0, 0.1) is 0 Å². The minimum Gasteiger partial charge on any atom is -0.372 e. The van der Waals surface area contributed by atoms with Gasteiger partial charge in [0.15, 0.2) is 0 Å². The molecule has 0 fully saturated rings. The molecule has 0 radical (unpaired) electrons. The van der Waals surface area contributed by atoms with Gasteiger partial charge >= 0.3 is 6.18 Å². The smallest absolute Gasteiger partial charge is 0.372 e. The maximum Gasteiger partial charge on any atom is 0.390 e. The predicted molar refractivity (Wildman–Crippen MR) is 59.2 cm³/mol. The normalized spacial score (nSPS) is 11.2. The maximum atomic E-state index is 12.0. The lowest BCUT2D eigenvalue weighted by molar-refractivity contribution is -0.136. The van der Waals surface area contributed by atoms with Gasteiger partial charge in [0.1, 0.15) is 11.5 Å². The third-order valence-electron chi connectivity index (χ3n) is 2.19. The summed E-state index contributed by atoms with van der Waals surface area (Å²) in [7, 11) is 2.90. The van der Waals surface area contributed by atoms with E-state index in [1.165, 1.54) is 19.4 Å². The van der Waals surface area contributed by atoms with E-state index >= 15 is 0 Å². The van der Waals surface area contributed by atoms with E-state index in [1.807, 2.05) is 0 Å². The lowest BCUT2D eigenvalue weighted by atomic mass is 10.3. The van der Waals surface area contributed by atoms with Crippen LogP contribution in [-0.2, 0) is 0 Å². The number of nitrogens with zero attached hydrogens (tertiary/aromatic N) is 3. The van der Waals surface area contributed by atoms with Crippen LogP contribution >= 0.6 is 0 Å². The molecule has 0 aliphatic heterocycles. The second kappa shape index (κ2) is 5.65. The number of rotatable bonds is 4. The molecule has 1 heterocycles. The standard InChI is InChI=1S/C10H13F3N4O/c1-14-8-6-15-5-7(16-8)9(18)17(2)4-3-10(11,12)13/h5-6H,3-4H2,1-2H3,(H,14,16). The number of nitrogens with one attached hydrogen (secondary N) is 1. The summed E-state index contributed by atoms with van der Waals surface area (Å²) in [4.78, 5) is 20.4. The van der Waals surface area contributed by atoms with Crippen LogP contribution in [-0.4, -0.2) is 47.6 Å². The molecule has 1 amide bonds. The van der Waals surface area contributed by atoms with E-state index < -0.39 is 25.0 Å². The highest BCUT2D eigenvalue weighted by atomic mass is 19.4. The topological polar surface area (TPSA) is 58.1 Å². The van der Waals surface area contributed by atoms with Crippen molar-refractivity contribution in [2.24, 2.45) is 0 Å². The summed E-state index contributed by atoms with van der Waals surface area (Å²) >= 11 is 0. The fourth-order valence-electron chi connectivity index (χ4n) is 1.18. The molecule has 0 spiro atoms. The molecular weight excluding hydrogens is 249 g/mol. The Labute approximate surface area is 102 Å². The molecule has 18 heavy (non-hydrogen) atoms. The van der Waals surface area contributed by atoms with Gasteiger partial charge in [0, 0.05) is 20.6 Å². The molecule has 1 rings (SSSR count). The van der Waals surface area contributed by atoms with Crippen LogP contribution in [0.5, 0.6) is 0 Å². The Balaban J connectivity index is 2.68. The Morgan fingerprint density at radius 3 is 2.67 bits per heavy atom. The number of anilines is 1. The van der Waals surface area contributed by atoms with Crippen LogP contribution < -0.4 is 5.32 Å². The average Bonchev–Trinajstić information content (AvgIpc) is 2.34. The Hall–Kier alpha value is -1.86. The van der Waals surface area contributed by atoms with Crippen molar-refractivity contribution in [3.63, 3.8) is 0 Å². The van der Waals surface area contributed by atoms with Crippen LogP contribution in [0.1, 0.15) is 16.9 Å². The van der Waals surface area contributed by atoms with E-state index in [1.54, 1.807) is 7.05 Å². The molecular formula is C10H13F3N4O. The Morgan fingerprint density at radius 2 is 2.11 bits per heavy atom. The van der Waals surface area contributed by atoms with Crippen molar-refractivity contribution in [3.05, 3.63) is 18.1 Å². The van der Waals surface area contributed by atoms with Crippen LogP contribution in [0.4, 0.5) is 19.0 Å². The third kappa shape index (κ3) is 4.19. The highest BCUT2D eigenvalue weighted by Gasteiger charge is 2.28. The number of halogens is 3. The number of carbonyl (C=O) groups excluding carboxylic acids is 1. The summed E-state index contributed by atoms with van der Waals surface area (Å²) in [5.74, 6) is -0.214. The number of alkyl halides is 3. The Morgan fingerprint density at radius 1 is 1.44 bits per heavy atom. The molecule has 0 atom stereocenters. The van der Waals surface area contributed by atoms with Gasteiger partial charge in [-0.25, -0.2) is 4.98 Å². The lowest BCUT2D eigenvalue weighted by Gasteiger charge is -2.17. The first kappa shape index (κ1) is 14.2. The van der Waals surface area contributed by atoms with Crippen molar-refractivity contribution in [2.75, 3.05) is 26.0 Å². The quantitative estimate of drug-likeness (QED) is 0.894. The molecule has 1 N–H and O–H groups in total. The van der Waals surface area contributed by atoms with Gasteiger partial charge in [-0.2, -0.15) is 13.2 Å². The molecule has 1 aromatic rings. The average molecular weight is 262 g/mol. The number of hydrogen-bond donors (Lipinski definition) is 1. The second-order valence-electron chi connectivity index (χ2n) is 3.63. The van der Waals surface area contributed by atoms with Gasteiger partial charge < -0.3 is 10.2 Å². The van der Waals surface area contributed by atoms with Crippen molar-refractivity contribution in [1.29, 1.82) is 0 Å². The molecule has 1 aromatic heterocycles. The summed E-state index contributed by atoms with van der Waals surface area (Å²) in [6.07, 6.45) is -2.71. The van der Waals surface area contributed by atoms with Gasteiger partial charge in [0.2, 0.25) is 0 Å². The molecule has 0 saturated carbocycles. The number of carbonyl (C=O) groups is 1. The molecule has 0 aliphatic rings. The number of hydrogen-bond acceptors (Lipinski definition) is 4. The fraction of sp³-hybridized carbons (Fsp3) is 0.500. The van der Waals surface area contributed by atoms with Crippen LogP contribution in [0.2, 0.25) is 0 Å². The number of amides is 1. The van der Waals surface area contributed by atoms with E-state index in [2.05, 4.69) is 15.3 Å². The highest BCUT2D eigenvalue weighted by Crippen LogP contribution is 2.19. The molecule has 0 aliphatic carbocycles. The lowest BCUT2D eigenvalue weighted by Crippen LogP contribution is -2.31.